The van der Waals surface area contributed by atoms with Gasteiger partial charge in [0.1, 0.15) is 13.2 Å². The van der Waals surface area contributed by atoms with Crippen molar-refractivity contribution in [2.45, 2.75) is 25.2 Å². The average molecular weight is 480 g/mol. The third-order valence-electron chi connectivity index (χ3n) is 5.94. The fraction of sp³-hybridized carbons (Fsp3) is 0.292. The van der Waals surface area contributed by atoms with Crippen molar-refractivity contribution in [3.63, 3.8) is 0 Å². The molecule has 3 heterocycles. The summed E-state index contributed by atoms with van der Waals surface area (Å²) < 4.78 is 21.8. The molecule has 0 bridgehead atoms. The predicted octanol–water partition coefficient (Wildman–Crippen LogP) is 3.95. The van der Waals surface area contributed by atoms with Crippen LogP contribution in [0.2, 0.25) is 0 Å². The van der Waals surface area contributed by atoms with Crippen molar-refractivity contribution < 1.29 is 28.5 Å². The number of nitrogens with one attached hydrogen (secondary N) is 2. The maximum atomic E-state index is 13.1. The molecule has 3 aromatic rings. The standard InChI is InChI=1S/C24H21N3O6S/c28-22(13-4-6-17-18(10-13)33-12-32-17)27-24-26-21-15(2-1-3-20(21)34-24)23(29)25-14-5-7-16-19(11-14)31-9-8-30-16/h4-7,10-11,15H,1-3,8-9,12H2,(H,25,29)(H,26,27,28)/t15-/m0/s1. The number of carbonyl (C=O) groups excluding carboxylic acids is 2. The third kappa shape index (κ3) is 3.90. The van der Waals surface area contributed by atoms with Crippen molar-refractivity contribution in [2.75, 3.05) is 30.6 Å². The van der Waals surface area contributed by atoms with E-state index in [0.29, 0.717) is 59.0 Å². The first-order chi connectivity index (χ1) is 16.6. The Labute approximate surface area is 199 Å². The molecule has 2 aromatic carbocycles. The highest BCUT2D eigenvalue weighted by Gasteiger charge is 2.31. The second-order valence-corrected chi connectivity index (χ2v) is 9.23. The zero-order valence-electron chi connectivity index (χ0n) is 18.1. The number of rotatable bonds is 4. The molecule has 1 atom stereocenters. The fourth-order valence-electron chi connectivity index (χ4n) is 4.28. The minimum atomic E-state index is -0.385. The van der Waals surface area contributed by atoms with E-state index in [1.54, 1.807) is 36.4 Å². The van der Waals surface area contributed by atoms with Gasteiger partial charge in [0, 0.05) is 22.2 Å². The number of ether oxygens (including phenoxy) is 4. The van der Waals surface area contributed by atoms with Crippen LogP contribution in [0.25, 0.3) is 0 Å². The quantitative estimate of drug-likeness (QED) is 0.583. The van der Waals surface area contributed by atoms with Crippen molar-refractivity contribution in [3.05, 3.63) is 52.5 Å². The minimum absolute atomic E-state index is 0.128. The Bertz CT molecular complexity index is 1290. The summed E-state index contributed by atoms with van der Waals surface area (Å²) in [5, 5.41) is 6.32. The van der Waals surface area contributed by atoms with Gasteiger partial charge in [0.25, 0.3) is 5.91 Å². The van der Waals surface area contributed by atoms with Gasteiger partial charge in [0.15, 0.2) is 28.1 Å². The molecule has 1 aliphatic carbocycles. The van der Waals surface area contributed by atoms with Crippen LogP contribution in [0.1, 0.15) is 39.7 Å². The lowest BCUT2D eigenvalue weighted by atomic mass is 9.90. The maximum absolute atomic E-state index is 13.1. The molecule has 174 valence electrons. The first kappa shape index (κ1) is 20.8. The molecule has 6 rings (SSSR count). The molecule has 0 spiro atoms. The lowest BCUT2D eigenvalue weighted by Gasteiger charge is -2.22. The molecule has 1 aromatic heterocycles. The molecular formula is C24H21N3O6S. The van der Waals surface area contributed by atoms with Crippen molar-refractivity contribution in [1.82, 2.24) is 4.98 Å². The molecule has 2 amide bonds. The Kier molecular flexibility index (Phi) is 5.21. The Hall–Kier alpha value is -3.79. The number of carbonyl (C=O) groups is 2. The van der Waals surface area contributed by atoms with Gasteiger partial charge in [0.05, 0.1) is 11.6 Å². The number of thiazole rings is 1. The van der Waals surface area contributed by atoms with Gasteiger partial charge in [-0.25, -0.2) is 4.98 Å². The molecular weight excluding hydrogens is 458 g/mol. The summed E-state index contributed by atoms with van der Waals surface area (Å²) in [6.45, 7) is 1.15. The average Bonchev–Trinajstić information content (AvgIpc) is 3.49. The van der Waals surface area contributed by atoms with E-state index in [2.05, 4.69) is 15.6 Å². The first-order valence-electron chi connectivity index (χ1n) is 11.1. The molecule has 2 N–H and O–H groups in total. The summed E-state index contributed by atoms with van der Waals surface area (Å²) in [5.74, 6) is 1.65. The van der Waals surface area contributed by atoms with Crippen LogP contribution in [0.15, 0.2) is 36.4 Å². The number of hydrogen-bond donors (Lipinski definition) is 2. The van der Waals surface area contributed by atoms with Crippen molar-refractivity contribution in [1.29, 1.82) is 0 Å². The van der Waals surface area contributed by atoms with Gasteiger partial charge in [-0.1, -0.05) is 0 Å². The van der Waals surface area contributed by atoms with Gasteiger partial charge >= 0.3 is 0 Å². The Morgan fingerprint density at radius 2 is 1.68 bits per heavy atom. The molecule has 9 nitrogen and oxygen atoms in total. The van der Waals surface area contributed by atoms with E-state index in [1.165, 1.54) is 11.3 Å². The van der Waals surface area contributed by atoms with Crippen LogP contribution in [0.5, 0.6) is 23.0 Å². The van der Waals surface area contributed by atoms with Crippen LogP contribution in [-0.2, 0) is 11.2 Å². The Morgan fingerprint density at radius 3 is 2.59 bits per heavy atom. The molecule has 34 heavy (non-hydrogen) atoms. The van der Waals surface area contributed by atoms with Gasteiger partial charge < -0.3 is 24.3 Å². The molecule has 0 unspecified atom stereocenters. The second kappa shape index (κ2) is 8.53. The highest BCUT2D eigenvalue weighted by Crippen LogP contribution is 2.39. The van der Waals surface area contributed by atoms with E-state index in [1.807, 2.05) is 0 Å². The zero-order chi connectivity index (χ0) is 23.1. The molecule has 0 radical (unpaired) electrons. The monoisotopic (exact) mass is 479 g/mol. The number of amides is 2. The second-order valence-electron chi connectivity index (χ2n) is 8.14. The van der Waals surface area contributed by atoms with Crippen LogP contribution in [0.4, 0.5) is 10.8 Å². The number of benzene rings is 2. The van der Waals surface area contributed by atoms with Crippen LogP contribution in [0, 0.1) is 0 Å². The van der Waals surface area contributed by atoms with Crippen molar-refractivity contribution in [3.8, 4) is 23.0 Å². The molecule has 10 heteroatoms. The topological polar surface area (TPSA) is 108 Å². The summed E-state index contributed by atoms with van der Waals surface area (Å²) in [4.78, 5) is 31.5. The highest BCUT2D eigenvalue weighted by molar-refractivity contribution is 7.16. The van der Waals surface area contributed by atoms with E-state index in [9.17, 15) is 9.59 Å². The van der Waals surface area contributed by atoms with E-state index in [-0.39, 0.29) is 24.5 Å². The van der Waals surface area contributed by atoms with Crippen molar-refractivity contribution >= 4 is 34.0 Å². The van der Waals surface area contributed by atoms with Crippen LogP contribution in [0.3, 0.4) is 0 Å². The first-order valence-corrected chi connectivity index (χ1v) is 11.9. The molecule has 0 saturated carbocycles. The molecule has 2 aliphatic heterocycles. The number of hydrogen-bond acceptors (Lipinski definition) is 8. The fourth-order valence-corrected chi connectivity index (χ4v) is 5.34. The van der Waals surface area contributed by atoms with Crippen LogP contribution >= 0.6 is 11.3 Å². The number of aromatic nitrogens is 1. The lowest BCUT2D eigenvalue weighted by molar-refractivity contribution is -0.117. The summed E-state index contributed by atoms with van der Waals surface area (Å²) in [6, 6.07) is 10.4. The molecule has 3 aliphatic rings. The normalized spacial score (nSPS) is 17.6. The SMILES string of the molecule is O=C(Nc1nc2c(s1)CCC[C@@H]2C(=O)Nc1ccc2c(c1)OCCO2)c1ccc2c(c1)OCO2. The van der Waals surface area contributed by atoms with E-state index in [0.717, 1.165) is 23.4 Å². The summed E-state index contributed by atoms with van der Waals surface area (Å²) in [7, 11) is 0. The third-order valence-corrected chi connectivity index (χ3v) is 6.98. The predicted molar refractivity (Wildman–Crippen MR) is 124 cm³/mol. The Morgan fingerprint density at radius 1 is 0.912 bits per heavy atom. The lowest BCUT2D eigenvalue weighted by Crippen LogP contribution is -2.25. The summed E-state index contributed by atoms with van der Waals surface area (Å²) in [5.41, 5.74) is 1.82. The maximum Gasteiger partial charge on any atom is 0.257 e. The van der Waals surface area contributed by atoms with Gasteiger partial charge in [-0.15, -0.1) is 11.3 Å². The van der Waals surface area contributed by atoms with Crippen LogP contribution < -0.4 is 29.6 Å². The Balaban J connectivity index is 1.17. The van der Waals surface area contributed by atoms with E-state index < -0.39 is 0 Å². The van der Waals surface area contributed by atoms with Crippen LogP contribution in [-0.4, -0.2) is 36.8 Å². The van der Waals surface area contributed by atoms with Gasteiger partial charge in [-0.3, -0.25) is 14.9 Å². The van der Waals surface area contributed by atoms with Gasteiger partial charge in [-0.05, 0) is 49.6 Å². The van der Waals surface area contributed by atoms with Crippen molar-refractivity contribution in [2.24, 2.45) is 0 Å². The van der Waals surface area contributed by atoms with Gasteiger partial charge in [0.2, 0.25) is 12.7 Å². The summed E-state index contributed by atoms with van der Waals surface area (Å²) >= 11 is 1.41. The summed E-state index contributed by atoms with van der Waals surface area (Å²) in [6.07, 6.45) is 2.41. The van der Waals surface area contributed by atoms with E-state index in [4.69, 9.17) is 18.9 Å². The molecule has 0 saturated heterocycles. The minimum Gasteiger partial charge on any atom is -0.486 e. The zero-order valence-corrected chi connectivity index (χ0v) is 18.9. The number of fused-ring (bicyclic) bond motifs is 3. The van der Waals surface area contributed by atoms with E-state index >= 15 is 0 Å². The number of anilines is 2. The molecule has 0 fully saturated rings. The van der Waals surface area contributed by atoms with Gasteiger partial charge in [-0.2, -0.15) is 0 Å². The largest absolute Gasteiger partial charge is 0.486 e. The number of aryl methyl sites for hydroxylation is 1. The smallest absolute Gasteiger partial charge is 0.257 e. The highest BCUT2D eigenvalue weighted by atomic mass is 32.1. The number of nitrogens with zero attached hydrogens (tertiary/aromatic N) is 1.